The standard InChI is InChI=1S/C28H45NO4/c1-22(23-13-9-7-10-14-23)33-29-25(2,3)17-28(18-26(29,4)5)31-20-27(6,21-32-28)19-30-24-15-11-8-12-16-24/h7,9-10,13-14,22,24H,8,11-12,15-21H2,1-6H3. The van der Waals surface area contributed by atoms with Crippen LogP contribution in [0.15, 0.2) is 30.3 Å². The molecule has 1 aromatic carbocycles. The molecular formula is C28H45NO4. The maximum atomic E-state index is 6.59. The Morgan fingerprint density at radius 1 is 0.909 bits per heavy atom. The highest BCUT2D eigenvalue weighted by Gasteiger charge is 2.57. The third-order valence-corrected chi connectivity index (χ3v) is 7.62. The summed E-state index contributed by atoms with van der Waals surface area (Å²) >= 11 is 0. The minimum atomic E-state index is -0.576. The normalized spacial score (nSPS) is 27.9. The highest BCUT2D eigenvalue weighted by Crippen LogP contribution is 2.49. The molecule has 1 unspecified atom stereocenters. The van der Waals surface area contributed by atoms with Gasteiger partial charge in [-0.15, -0.1) is 0 Å². The van der Waals surface area contributed by atoms with E-state index in [9.17, 15) is 0 Å². The molecule has 1 aliphatic carbocycles. The molecule has 2 saturated heterocycles. The van der Waals surface area contributed by atoms with Crippen LogP contribution in [-0.2, 0) is 19.0 Å². The van der Waals surface area contributed by atoms with Gasteiger partial charge in [-0.25, -0.2) is 0 Å². The van der Waals surface area contributed by atoms with Crippen molar-refractivity contribution in [3.8, 4) is 0 Å². The summed E-state index contributed by atoms with van der Waals surface area (Å²) < 4.78 is 19.5. The van der Waals surface area contributed by atoms with Crippen LogP contribution in [0.4, 0.5) is 0 Å². The first kappa shape index (κ1) is 25.1. The lowest BCUT2D eigenvalue weighted by Gasteiger charge is -2.59. The summed E-state index contributed by atoms with van der Waals surface area (Å²) in [5.74, 6) is -0.576. The van der Waals surface area contributed by atoms with E-state index in [2.05, 4.69) is 70.9 Å². The second-order valence-electron chi connectivity index (χ2n) is 12.3. The molecule has 1 atom stereocenters. The molecular weight excluding hydrogens is 414 g/mol. The van der Waals surface area contributed by atoms with Crippen molar-refractivity contribution >= 4 is 0 Å². The van der Waals surface area contributed by atoms with E-state index in [1.807, 2.05) is 6.07 Å². The first-order valence-corrected chi connectivity index (χ1v) is 12.9. The Kier molecular flexibility index (Phi) is 7.29. The zero-order chi connectivity index (χ0) is 23.7. The van der Waals surface area contributed by atoms with Gasteiger partial charge in [0, 0.05) is 29.3 Å². The van der Waals surface area contributed by atoms with E-state index in [0.29, 0.717) is 25.9 Å². The van der Waals surface area contributed by atoms with Crippen molar-refractivity contribution < 1.29 is 19.0 Å². The molecule has 2 aliphatic heterocycles. The van der Waals surface area contributed by atoms with Crippen LogP contribution in [0.3, 0.4) is 0 Å². The fourth-order valence-corrected chi connectivity index (χ4v) is 6.11. The topological polar surface area (TPSA) is 40.2 Å². The van der Waals surface area contributed by atoms with Crippen LogP contribution in [-0.4, -0.2) is 47.9 Å². The van der Waals surface area contributed by atoms with Gasteiger partial charge >= 0.3 is 0 Å². The second-order valence-corrected chi connectivity index (χ2v) is 12.3. The predicted octanol–water partition coefficient (Wildman–Crippen LogP) is 6.43. The predicted molar refractivity (Wildman–Crippen MR) is 131 cm³/mol. The van der Waals surface area contributed by atoms with E-state index in [0.717, 1.165) is 12.8 Å². The molecule has 3 fully saturated rings. The monoisotopic (exact) mass is 459 g/mol. The van der Waals surface area contributed by atoms with E-state index in [4.69, 9.17) is 19.0 Å². The largest absolute Gasteiger partial charge is 0.377 e. The molecule has 2 heterocycles. The molecule has 0 aromatic heterocycles. The molecule has 186 valence electrons. The minimum Gasteiger partial charge on any atom is -0.377 e. The molecule has 4 rings (SSSR count). The molecule has 1 spiro atoms. The van der Waals surface area contributed by atoms with Gasteiger partial charge in [0.15, 0.2) is 5.79 Å². The van der Waals surface area contributed by atoms with E-state index in [1.54, 1.807) is 0 Å². The van der Waals surface area contributed by atoms with E-state index in [1.165, 1.54) is 37.7 Å². The number of piperidine rings is 1. The van der Waals surface area contributed by atoms with Crippen molar-refractivity contribution in [3.05, 3.63) is 35.9 Å². The second kappa shape index (κ2) is 9.58. The zero-order valence-electron chi connectivity index (χ0n) is 21.7. The van der Waals surface area contributed by atoms with Gasteiger partial charge in [0.05, 0.1) is 25.9 Å². The number of rotatable bonds is 6. The van der Waals surface area contributed by atoms with Gasteiger partial charge in [-0.05, 0) is 53.0 Å². The van der Waals surface area contributed by atoms with Crippen molar-refractivity contribution in [3.63, 3.8) is 0 Å². The summed E-state index contributed by atoms with van der Waals surface area (Å²) in [6.45, 7) is 15.4. The van der Waals surface area contributed by atoms with Gasteiger partial charge < -0.3 is 14.2 Å². The molecule has 3 aliphatic rings. The van der Waals surface area contributed by atoms with Crippen molar-refractivity contribution in [1.82, 2.24) is 5.06 Å². The number of benzene rings is 1. The first-order valence-electron chi connectivity index (χ1n) is 12.9. The average molecular weight is 460 g/mol. The van der Waals surface area contributed by atoms with Crippen molar-refractivity contribution in [2.24, 2.45) is 5.41 Å². The number of nitrogens with zero attached hydrogens (tertiary/aromatic N) is 1. The molecule has 5 heteroatoms. The maximum Gasteiger partial charge on any atom is 0.171 e. The first-order chi connectivity index (χ1) is 15.5. The van der Waals surface area contributed by atoms with Gasteiger partial charge in [-0.2, -0.15) is 5.06 Å². The Labute approximate surface area is 201 Å². The van der Waals surface area contributed by atoms with Crippen LogP contribution in [0.1, 0.15) is 98.2 Å². The Hall–Kier alpha value is -0.980. The van der Waals surface area contributed by atoms with Crippen molar-refractivity contribution in [1.29, 1.82) is 0 Å². The molecule has 1 saturated carbocycles. The molecule has 33 heavy (non-hydrogen) atoms. The fraction of sp³-hybridized carbons (Fsp3) is 0.786. The SMILES string of the molecule is CC(ON1C(C)(C)CC2(CC1(C)C)OCC(C)(COC1CCCCC1)CO2)c1ccccc1. The molecule has 5 nitrogen and oxygen atoms in total. The number of hydrogen-bond acceptors (Lipinski definition) is 5. The lowest BCUT2D eigenvalue weighted by atomic mass is 9.77. The summed E-state index contributed by atoms with van der Waals surface area (Å²) in [4.78, 5) is 6.59. The Bertz CT molecular complexity index is 743. The molecule has 0 bridgehead atoms. The molecule has 1 aromatic rings. The summed E-state index contributed by atoms with van der Waals surface area (Å²) in [6.07, 6.45) is 8.26. The minimum absolute atomic E-state index is 0.0211. The van der Waals surface area contributed by atoms with Crippen molar-refractivity contribution in [2.45, 2.75) is 116 Å². The zero-order valence-corrected chi connectivity index (χ0v) is 21.7. The van der Waals surface area contributed by atoms with E-state index < -0.39 is 5.79 Å². The van der Waals surface area contributed by atoms with Gasteiger partial charge in [0.25, 0.3) is 0 Å². The summed E-state index contributed by atoms with van der Waals surface area (Å²) in [6, 6.07) is 10.4. The van der Waals surface area contributed by atoms with Gasteiger partial charge in [-0.3, -0.25) is 4.84 Å². The lowest BCUT2D eigenvalue weighted by Crippen LogP contribution is -2.68. The Balaban J connectivity index is 1.38. The van der Waals surface area contributed by atoms with Crippen LogP contribution in [0, 0.1) is 5.41 Å². The Morgan fingerprint density at radius 2 is 1.48 bits per heavy atom. The molecule has 0 radical (unpaired) electrons. The van der Waals surface area contributed by atoms with Crippen LogP contribution in [0.5, 0.6) is 0 Å². The average Bonchev–Trinajstić information content (AvgIpc) is 2.78. The van der Waals surface area contributed by atoms with Crippen LogP contribution in [0.25, 0.3) is 0 Å². The summed E-state index contributed by atoms with van der Waals surface area (Å²) in [7, 11) is 0. The fourth-order valence-electron chi connectivity index (χ4n) is 6.11. The van der Waals surface area contributed by atoms with E-state index >= 15 is 0 Å². The number of hydroxylamine groups is 2. The third-order valence-electron chi connectivity index (χ3n) is 7.62. The van der Waals surface area contributed by atoms with Crippen LogP contribution < -0.4 is 0 Å². The maximum absolute atomic E-state index is 6.59. The summed E-state index contributed by atoms with van der Waals surface area (Å²) in [5.41, 5.74) is 0.615. The lowest BCUT2D eigenvalue weighted by molar-refractivity contribution is -0.390. The van der Waals surface area contributed by atoms with Gasteiger partial charge in [-0.1, -0.05) is 56.5 Å². The van der Waals surface area contributed by atoms with Crippen LogP contribution in [0.2, 0.25) is 0 Å². The van der Waals surface area contributed by atoms with Crippen molar-refractivity contribution in [2.75, 3.05) is 19.8 Å². The Morgan fingerprint density at radius 3 is 2.06 bits per heavy atom. The van der Waals surface area contributed by atoms with Gasteiger partial charge in [0.2, 0.25) is 0 Å². The van der Waals surface area contributed by atoms with Crippen LogP contribution >= 0.6 is 0 Å². The quantitative estimate of drug-likeness (QED) is 0.490. The number of hydrogen-bond donors (Lipinski definition) is 0. The number of ether oxygens (including phenoxy) is 3. The van der Waals surface area contributed by atoms with Gasteiger partial charge in [0.1, 0.15) is 6.10 Å². The molecule has 0 amide bonds. The third kappa shape index (κ3) is 5.82. The molecule has 0 N–H and O–H groups in total. The smallest absolute Gasteiger partial charge is 0.171 e. The highest BCUT2D eigenvalue weighted by atomic mass is 16.7. The highest BCUT2D eigenvalue weighted by molar-refractivity contribution is 5.17. The summed E-state index contributed by atoms with van der Waals surface area (Å²) in [5, 5.41) is 2.19. The van der Waals surface area contributed by atoms with E-state index in [-0.39, 0.29) is 22.6 Å².